The van der Waals surface area contributed by atoms with Gasteiger partial charge in [0, 0.05) is 11.6 Å². The third kappa shape index (κ3) is 4.15. The highest BCUT2D eigenvalue weighted by atomic mass is 16.3. The Kier molecular flexibility index (Phi) is 4.97. The molecule has 0 spiro atoms. The first-order chi connectivity index (χ1) is 12.0. The standard InChI is InChI=1S/C19H22N4O2/c1-14(2)23(11-18-9-4-15(3)25-18)19(24)17-7-5-16(6-8-17)10-22-13-20-12-21-22/h4-9,12-14H,10-11H2,1-3H3. The van der Waals surface area contributed by atoms with Gasteiger partial charge in [-0.3, -0.25) is 4.79 Å². The van der Waals surface area contributed by atoms with Gasteiger partial charge in [-0.15, -0.1) is 0 Å². The van der Waals surface area contributed by atoms with E-state index in [1.165, 1.54) is 6.33 Å². The van der Waals surface area contributed by atoms with Crippen molar-refractivity contribution in [2.45, 2.75) is 39.9 Å². The van der Waals surface area contributed by atoms with Gasteiger partial charge in [-0.2, -0.15) is 5.10 Å². The number of rotatable bonds is 6. The van der Waals surface area contributed by atoms with E-state index in [9.17, 15) is 4.79 Å². The number of carbonyl (C=O) groups is 1. The lowest BCUT2D eigenvalue weighted by atomic mass is 10.1. The van der Waals surface area contributed by atoms with Gasteiger partial charge in [-0.1, -0.05) is 12.1 Å². The number of amides is 1. The van der Waals surface area contributed by atoms with Crippen molar-refractivity contribution >= 4 is 5.91 Å². The van der Waals surface area contributed by atoms with Crippen LogP contribution in [0.1, 0.15) is 41.3 Å². The maximum Gasteiger partial charge on any atom is 0.254 e. The first-order valence-corrected chi connectivity index (χ1v) is 8.30. The molecule has 0 unspecified atom stereocenters. The van der Waals surface area contributed by atoms with E-state index in [1.807, 2.05) is 62.1 Å². The van der Waals surface area contributed by atoms with Crippen molar-refractivity contribution in [2.24, 2.45) is 0 Å². The fraction of sp³-hybridized carbons (Fsp3) is 0.316. The van der Waals surface area contributed by atoms with Crippen LogP contribution in [-0.2, 0) is 13.1 Å². The van der Waals surface area contributed by atoms with Crippen LogP contribution in [0.4, 0.5) is 0 Å². The lowest BCUT2D eigenvalue weighted by Gasteiger charge is -2.26. The van der Waals surface area contributed by atoms with Crippen LogP contribution in [-0.4, -0.2) is 31.6 Å². The molecule has 0 radical (unpaired) electrons. The van der Waals surface area contributed by atoms with E-state index in [2.05, 4.69) is 10.1 Å². The number of furan rings is 1. The third-order valence-electron chi connectivity index (χ3n) is 4.02. The normalized spacial score (nSPS) is 11.0. The number of aryl methyl sites for hydroxylation is 1. The van der Waals surface area contributed by atoms with Crippen molar-refractivity contribution < 1.29 is 9.21 Å². The molecule has 1 amide bonds. The highest BCUT2D eigenvalue weighted by Crippen LogP contribution is 2.16. The molecule has 2 heterocycles. The SMILES string of the molecule is Cc1ccc(CN(C(=O)c2ccc(Cn3cncn3)cc2)C(C)C)o1. The van der Waals surface area contributed by atoms with E-state index in [0.29, 0.717) is 18.7 Å². The Bertz CT molecular complexity index is 819. The van der Waals surface area contributed by atoms with Gasteiger partial charge in [0.15, 0.2) is 0 Å². The van der Waals surface area contributed by atoms with Crippen LogP contribution in [0, 0.1) is 6.92 Å². The zero-order valence-electron chi connectivity index (χ0n) is 14.7. The summed E-state index contributed by atoms with van der Waals surface area (Å²) in [4.78, 5) is 18.6. The molecule has 0 aliphatic carbocycles. The average molecular weight is 338 g/mol. The molecule has 0 atom stereocenters. The Morgan fingerprint density at radius 2 is 1.96 bits per heavy atom. The Hall–Kier alpha value is -2.89. The largest absolute Gasteiger partial charge is 0.464 e. The Morgan fingerprint density at radius 1 is 1.20 bits per heavy atom. The molecule has 0 saturated heterocycles. The summed E-state index contributed by atoms with van der Waals surface area (Å²) in [7, 11) is 0. The van der Waals surface area contributed by atoms with Gasteiger partial charge < -0.3 is 9.32 Å². The first-order valence-electron chi connectivity index (χ1n) is 8.30. The topological polar surface area (TPSA) is 64.2 Å². The van der Waals surface area contributed by atoms with E-state index < -0.39 is 0 Å². The third-order valence-corrected chi connectivity index (χ3v) is 4.02. The molecule has 6 heteroatoms. The second kappa shape index (κ2) is 7.34. The van der Waals surface area contributed by atoms with E-state index in [-0.39, 0.29) is 11.9 Å². The molecule has 130 valence electrons. The number of benzene rings is 1. The van der Waals surface area contributed by atoms with Gasteiger partial charge >= 0.3 is 0 Å². The van der Waals surface area contributed by atoms with Gasteiger partial charge in [0.05, 0.1) is 13.1 Å². The van der Waals surface area contributed by atoms with Crippen LogP contribution >= 0.6 is 0 Å². The fourth-order valence-electron chi connectivity index (χ4n) is 2.65. The molecular formula is C19H22N4O2. The zero-order valence-corrected chi connectivity index (χ0v) is 14.7. The summed E-state index contributed by atoms with van der Waals surface area (Å²) in [5.41, 5.74) is 1.74. The highest BCUT2D eigenvalue weighted by Gasteiger charge is 2.20. The molecule has 3 aromatic rings. The molecule has 0 N–H and O–H groups in total. The van der Waals surface area contributed by atoms with Crippen LogP contribution in [0.25, 0.3) is 0 Å². The minimum atomic E-state index is -0.00337. The summed E-state index contributed by atoms with van der Waals surface area (Å²) >= 11 is 0. The molecule has 3 rings (SSSR count). The van der Waals surface area contributed by atoms with Gasteiger partial charge in [-0.25, -0.2) is 9.67 Å². The minimum absolute atomic E-state index is 0.00337. The maximum atomic E-state index is 12.9. The van der Waals surface area contributed by atoms with Gasteiger partial charge in [-0.05, 0) is 50.6 Å². The summed E-state index contributed by atoms with van der Waals surface area (Å²) in [6.07, 6.45) is 3.18. The number of hydrogen-bond acceptors (Lipinski definition) is 4. The van der Waals surface area contributed by atoms with Crippen LogP contribution in [0.5, 0.6) is 0 Å². The van der Waals surface area contributed by atoms with Gasteiger partial charge in [0.2, 0.25) is 0 Å². The average Bonchev–Trinajstić information content (AvgIpc) is 3.24. The van der Waals surface area contributed by atoms with E-state index in [4.69, 9.17) is 4.42 Å². The van der Waals surface area contributed by atoms with Crippen LogP contribution < -0.4 is 0 Å². The van der Waals surface area contributed by atoms with Gasteiger partial charge in [0.25, 0.3) is 5.91 Å². The second-order valence-electron chi connectivity index (χ2n) is 6.33. The lowest BCUT2D eigenvalue weighted by molar-refractivity contribution is 0.0675. The quantitative estimate of drug-likeness (QED) is 0.692. The monoisotopic (exact) mass is 338 g/mol. The van der Waals surface area contributed by atoms with Crippen molar-refractivity contribution in [3.05, 3.63) is 71.7 Å². The van der Waals surface area contributed by atoms with E-state index >= 15 is 0 Å². The summed E-state index contributed by atoms with van der Waals surface area (Å²) in [6.45, 7) is 7.01. The maximum absolute atomic E-state index is 12.9. The Labute approximate surface area is 147 Å². The molecule has 2 aromatic heterocycles. The first kappa shape index (κ1) is 17.0. The van der Waals surface area contributed by atoms with Crippen LogP contribution in [0.2, 0.25) is 0 Å². The van der Waals surface area contributed by atoms with Crippen molar-refractivity contribution in [1.82, 2.24) is 19.7 Å². The summed E-state index contributed by atoms with van der Waals surface area (Å²) in [5.74, 6) is 1.64. The predicted molar refractivity (Wildman–Crippen MR) is 94.0 cm³/mol. The smallest absolute Gasteiger partial charge is 0.254 e. The number of aromatic nitrogens is 3. The molecule has 6 nitrogen and oxygen atoms in total. The fourth-order valence-corrected chi connectivity index (χ4v) is 2.65. The van der Waals surface area contributed by atoms with Crippen molar-refractivity contribution in [1.29, 1.82) is 0 Å². The molecule has 0 aliphatic rings. The van der Waals surface area contributed by atoms with E-state index in [1.54, 1.807) is 11.0 Å². The predicted octanol–water partition coefficient (Wildman–Crippen LogP) is 3.28. The number of carbonyl (C=O) groups excluding carboxylic acids is 1. The van der Waals surface area contributed by atoms with E-state index in [0.717, 1.165) is 17.1 Å². The van der Waals surface area contributed by atoms with Gasteiger partial charge in [0.1, 0.15) is 24.2 Å². The lowest BCUT2D eigenvalue weighted by Crippen LogP contribution is -2.36. The zero-order chi connectivity index (χ0) is 17.8. The molecular weight excluding hydrogens is 316 g/mol. The molecule has 0 saturated carbocycles. The minimum Gasteiger partial charge on any atom is -0.464 e. The molecule has 0 bridgehead atoms. The van der Waals surface area contributed by atoms with Crippen molar-refractivity contribution in [3.63, 3.8) is 0 Å². The summed E-state index contributed by atoms with van der Waals surface area (Å²) < 4.78 is 7.37. The molecule has 0 aliphatic heterocycles. The van der Waals surface area contributed by atoms with Crippen molar-refractivity contribution in [3.8, 4) is 0 Å². The number of nitrogens with zero attached hydrogens (tertiary/aromatic N) is 4. The van der Waals surface area contributed by atoms with Crippen LogP contribution in [0.15, 0.2) is 53.5 Å². The molecule has 0 fully saturated rings. The molecule has 1 aromatic carbocycles. The second-order valence-corrected chi connectivity index (χ2v) is 6.33. The number of hydrogen-bond donors (Lipinski definition) is 0. The van der Waals surface area contributed by atoms with Crippen LogP contribution in [0.3, 0.4) is 0 Å². The molecule has 25 heavy (non-hydrogen) atoms. The Balaban J connectivity index is 1.72. The summed E-state index contributed by atoms with van der Waals surface area (Å²) in [6, 6.07) is 11.5. The highest BCUT2D eigenvalue weighted by molar-refractivity contribution is 5.94. The van der Waals surface area contributed by atoms with Crippen molar-refractivity contribution in [2.75, 3.05) is 0 Å². The Morgan fingerprint density at radius 3 is 2.52 bits per heavy atom. The summed E-state index contributed by atoms with van der Waals surface area (Å²) in [5, 5.41) is 4.09.